The largest absolute Gasteiger partial charge is 0.505 e. The summed E-state index contributed by atoms with van der Waals surface area (Å²) in [4.78, 5) is 25.3. The fourth-order valence-electron chi connectivity index (χ4n) is 3.87. The normalized spacial score (nSPS) is 11.3. The van der Waals surface area contributed by atoms with Crippen LogP contribution in [0.2, 0.25) is 0 Å². The van der Waals surface area contributed by atoms with Gasteiger partial charge in [0.1, 0.15) is 5.69 Å². The molecule has 0 saturated carbocycles. The number of Topliss-reactive ketones (excluding diaryl/α,β-unsaturated/α-hetero) is 1. The summed E-state index contributed by atoms with van der Waals surface area (Å²) < 4.78 is 0. The number of nitrogens with one attached hydrogen (secondary N) is 1. The molecule has 35 heavy (non-hydrogen) atoms. The van der Waals surface area contributed by atoms with Crippen molar-refractivity contribution in [3.05, 3.63) is 95.1 Å². The van der Waals surface area contributed by atoms with Gasteiger partial charge in [0.05, 0.1) is 11.3 Å². The zero-order chi connectivity index (χ0) is 25.1. The highest BCUT2D eigenvalue weighted by Crippen LogP contribution is 2.39. The highest BCUT2D eigenvalue weighted by atomic mass is 16.3. The molecule has 0 atom stereocenters. The second-order valence-corrected chi connectivity index (χ2v) is 8.88. The Hall–Kier alpha value is -4.32. The molecule has 4 aromatic rings. The molecule has 0 aromatic heterocycles. The first-order valence-corrected chi connectivity index (χ1v) is 11.4. The molecule has 0 radical (unpaired) electrons. The molecule has 0 unspecified atom stereocenters. The molecule has 0 bridgehead atoms. The fraction of sp³-hybridized carbons (Fsp3) is 0.172. The molecular weight excluding hydrogens is 438 g/mol. The molecular formula is C29H27N3O3. The van der Waals surface area contributed by atoms with E-state index < -0.39 is 5.91 Å². The number of aryl methyl sites for hydroxylation is 2. The van der Waals surface area contributed by atoms with Crippen LogP contribution in [0.4, 0.5) is 17.1 Å². The number of hydrogen-bond acceptors (Lipinski definition) is 5. The summed E-state index contributed by atoms with van der Waals surface area (Å²) in [5.74, 6) is -0.724. The van der Waals surface area contributed by atoms with E-state index in [2.05, 4.69) is 15.5 Å². The van der Waals surface area contributed by atoms with Crippen molar-refractivity contribution in [1.29, 1.82) is 0 Å². The minimum atomic E-state index is -0.437. The molecule has 0 fully saturated rings. The van der Waals surface area contributed by atoms with Crippen LogP contribution >= 0.6 is 0 Å². The standard InChI is InChI=1S/C29H27N3O3/c1-17(2)27(33)20-10-12-22(13-11-20)31-32-26-23-8-6-5-7-21(23)16-24(28(26)34)29(35)30-25-14-9-18(3)15-19(25)4/h5-17,34H,1-4H3,(H,30,35). The molecule has 0 aliphatic heterocycles. The third kappa shape index (κ3) is 5.11. The number of carbonyl (C=O) groups excluding carboxylic acids is 2. The van der Waals surface area contributed by atoms with Crippen LogP contribution in [0.1, 0.15) is 45.7 Å². The van der Waals surface area contributed by atoms with Crippen LogP contribution in [-0.4, -0.2) is 16.8 Å². The van der Waals surface area contributed by atoms with Crippen molar-refractivity contribution in [2.75, 3.05) is 5.32 Å². The van der Waals surface area contributed by atoms with E-state index in [4.69, 9.17) is 0 Å². The predicted molar refractivity (Wildman–Crippen MR) is 139 cm³/mol. The summed E-state index contributed by atoms with van der Waals surface area (Å²) in [7, 11) is 0. The topological polar surface area (TPSA) is 91.1 Å². The average molecular weight is 466 g/mol. The SMILES string of the molecule is Cc1ccc(NC(=O)c2cc3ccccc3c(N=Nc3ccc(C(=O)C(C)C)cc3)c2O)c(C)c1. The number of carbonyl (C=O) groups is 2. The van der Waals surface area contributed by atoms with Gasteiger partial charge in [-0.3, -0.25) is 9.59 Å². The number of anilines is 1. The Balaban J connectivity index is 1.70. The Labute approximate surface area is 204 Å². The van der Waals surface area contributed by atoms with E-state index in [0.717, 1.165) is 16.5 Å². The average Bonchev–Trinajstić information content (AvgIpc) is 2.84. The number of aromatic hydroxyl groups is 1. The Morgan fingerprint density at radius 3 is 2.29 bits per heavy atom. The number of nitrogens with zero attached hydrogens (tertiary/aromatic N) is 2. The van der Waals surface area contributed by atoms with Crippen molar-refractivity contribution in [2.24, 2.45) is 16.1 Å². The van der Waals surface area contributed by atoms with E-state index in [0.29, 0.717) is 22.3 Å². The summed E-state index contributed by atoms with van der Waals surface area (Å²) in [6, 6.07) is 21.6. The summed E-state index contributed by atoms with van der Waals surface area (Å²) in [6.45, 7) is 7.61. The van der Waals surface area contributed by atoms with E-state index in [9.17, 15) is 14.7 Å². The van der Waals surface area contributed by atoms with Crippen LogP contribution in [0, 0.1) is 19.8 Å². The lowest BCUT2D eigenvalue weighted by atomic mass is 10.0. The molecule has 0 aliphatic rings. The molecule has 0 saturated heterocycles. The summed E-state index contributed by atoms with van der Waals surface area (Å²) in [5.41, 5.74) is 4.15. The molecule has 6 heteroatoms. The molecule has 0 spiro atoms. The van der Waals surface area contributed by atoms with Gasteiger partial charge in [0.15, 0.2) is 11.5 Å². The first-order valence-electron chi connectivity index (χ1n) is 11.4. The van der Waals surface area contributed by atoms with Crippen LogP contribution in [-0.2, 0) is 0 Å². The molecule has 6 nitrogen and oxygen atoms in total. The predicted octanol–water partition coefficient (Wildman–Crippen LogP) is 7.67. The van der Waals surface area contributed by atoms with E-state index >= 15 is 0 Å². The first kappa shape index (κ1) is 23.8. The smallest absolute Gasteiger partial charge is 0.259 e. The highest BCUT2D eigenvalue weighted by molar-refractivity contribution is 6.12. The van der Waals surface area contributed by atoms with Gasteiger partial charge < -0.3 is 10.4 Å². The minimum Gasteiger partial charge on any atom is -0.505 e. The lowest BCUT2D eigenvalue weighted by Gasteiger charge is -2.13. The van der Waals surface area contributed by atoms with Crippen molar-refractivity contribution in [2.45, 2.75) is 27.7 Å². The molecule has 4 rings (SSSR count). The lowest BCUT2D eigenvalue weighted by Crippen LogP contribution is -2.13. The number of phenolic OH excluding ortho intramolecular Hbond substituents is 1. The molecule has 0 heterocycles. The van der Waals surface area contributed by atoms with Gasteiger partial charge in [-0.15, -0.1) is 5.11 Å². The second kappa shape index (κ2) is 9.89. The fourth-order valence-corrected chi connectivity index (χ4v) is 3.87. The van der Waals surface area contributed by atoms with Gasteiger partial charge >= 0.3 is 0 Å². The second-order valence-electron chi connectivity index (χ2n) is 8.88. The minimum absolute atomic E-state index is 0.0552. The quantitative estimate of drug-likeness (QED) is 0.226. The Morgan fingerprint density at radius 2 is 1.60 bits per heavy atom. The zero-order valence-corrected chi connectivity index (χ0v) is 20.2. The first-order chi connectivity index (χ1) is 16.7. The van der Waals surface area contributed by atoms with Gasteiger partial charge in [0, 0.05) is 22.6 Å². The van der Waals surface area contributed by atoms with Gasteiger partial charge in [-0.1, -0.05) is 55.8 Å². The van der Waals surface area contributed by atoms with E-state index in [1.54, 1.807) is 30.3 Å². The summed E-state index contributed by atoms with van der Waals surface area (Å²) in [6.07, 6.45) is 0. The van der Waals surface area contributed by atoms with Gasteiger partial charge in [-0.2, -0.15) is 5.11 Å². The maximum atomic E-state index is 13.1. The van der Waals surface area contributed by atoms with Crippen LogP contribution < -0.4 is 5.32 Å². The van der Waals surface area contributed by atoms with Crippen molar-refractivity contribution in [1.82, 2.24) is 0 Å². The van der Waals surface area contributed by atoms with Crippen molar-refractivity contribution < 1.29 is 14.7 Å². The molecule has 0 aliphatic carbocycles. The molecule has 1 amide bonds. The molecule has 176 valence electrons. The third-order valence-electron chi connectivity index (χ3n) is 5.81. The number of rotatable bonds is 6. The maximum Gasteiger partial charge on any atom is 0.259 e. The van der Waals surface area contributed by atoms with Gasteiger partial charge in [-0.05, 0) is 61.2 Å². The van der Waals surface area contributed by atoms with Crippen LogP contribution in [0.5, 0.6) is 5.75 Å². The number of benzene rings is 4. The van der Waals surface area contributed by atoms with Crippen molar-refractivity contribution >= 4 is 39.5 Å². The van der Waals surface area contributed by atoms with Gasteiger partial charge in [0.25, 0.3) is 5.91 Å². The summed E-state index contributed by atoms with van der Waals surface area (Å²) >= 11 is 0. The Bertz CT molecular complexity index is 1450. The number of ketones is 1. The van der Waals surface area contributed by atoms with Gasteiger partial charge in [-0.25, -0.2) is 0 Å². The Kier molecular flexibility index (Phi) is 6.73. The van der Waals surface area contributed by atoms with E-state index in [-0.39, 0.29) is 28.7 Å². The number of phenols is 1. The van der Waals surface area contributed by atoms with E-state index in [1.807, 2.05) is 70.2 Å². The highest BCUT2D eigenvalue weighted by Gasteiger charge is 2.19. The number of azo groups is 1. The zero-order valence-electron chi connectivity index (χ0n) is 20.2. The van der Waals surface area contributed by atoms with Crippen molar-refractivity contribution in [3.8, 4) is 5.75 Å². The van der Waals surface area contributed by atoms with Crippen LogP contribution in [0.15, 0.2) is 83.0 Å². The molecule has 2 N–H and O–H groups in total. The van der Waals surface area contributed by atoms with Crippen LogP contribution in [0.3, 0.4) is 0 Å². The maximum absolute atomic E-state index is 13.1. The summed E-state index contributed by atoms with van der Waals surface area (Å²) in [5, 5.41) is 23.9. The van der Waals surface area contributed by atoms with Gasteiger partial charge in [0.2, 0.25) is 0 Å². The third-order valence-corrected chi connectivity index (χ3v) is 5.81. The Morgan fingerprint density at radius 1 is 0.886 bits per heavy atom. The van der Waals surface area contributed by atoms with Crippen LogP contribution in [0.25, 0.3) is 10.8 Å². The molecule has 4 aromatic carbocycles. The number of fused-ring (bicyclic) bond motifs is 1. The number of amides is 1. The van der Waals surface area contributed by atoms with E-state index in [1.165, 1.54) is 0 Å². The number of hydrogen-bond donors (Lipinski definition) is 2. The van der Waals surface area contributed by atoms with Crippen molar-refractivity contribution in [3.63, 3.8) is 0 Å². The monoisotopic (exact) mass is 465 g/mol. The lowest BCUT2D eigenvalue weighted by molar-refractivity contribution is 0.0938.